The molecule has 0 unspecified atom stereocenters. The monoisotopic (exact) mass is 384 g/mol. The lowest BCUT2D eigenvalue weighted by atomic mass is 9.96. The Kier molecular flexibility index (Phi) is 5.24. The van der Waals surface area contributed by atoms with E-state index in [4.69, 9.17) is 26.1 Å². The second kappa shape index (κ2) is 7.45. The van der Waals surface area contributed by atoms with Gasteiger partial charge in [0.05, 0.1) is 17.6 Å². The molecule has 2 aromatic carbocycles. The number of hydrogen-bond donors (Lipinski definition) is 0. The normalized spacial score (nSPS) is 10.7. The number of methoxy groups -OCH3 is 1. The Balaban J connectivity index is 2.38. The zero-order valence-electron chi connectivity index (χ0n) is 16.0. The van der Waals surface area contributed by atoms with E-state index in [1.165, 1.54) is 4.90 Å². The lowest BCUT2D eigenvalue weighted by Gasteiger charge is -2.19. The number of carbonyl (C=O) groups is 1. The zero-order valence-corrected chi connectivity index (χ0v) is 16.7. The van der Waals surface area contributed by atoms with E-state index in [1.54, 1.807) is 33.3 Å². The summed E-state index contributed by atoms with van der Waals surface area (Å²) in [5.41, 5.74) is 4.19. The fourth-order valence-corrected chi connectivity index (χ4v) is 3.21. The van der Waals surface area contributed by atoms with Gasteiger partial charge in [0.25, 0.3) is 0 Å². The molecule has 0 saturated carbocycles. The van der Waals surface area contributed by atoms with Crippen molar-refractivity contribution in [2.24, 2.45) is 0 Å². The highest BCUT2D eigenvalue weighted by molar-refractivity contribution is 6.33. The molecule has 5 nitrogen and oxygen atoms in total. The molecule has 0 saturated heterocycles. The van der Waals surface area contributed by atoms with Crippen LogP contribution in [-0.2, 0) is 0 Å². The van der Waals surface area contributed by atoms with Crippen molar-refractivity contribution in [3.8, 4) is 22.6 Å². The number of benzene rings is 2. The van der Waals surface area contributed by atoms with Crippen LogP contribution < -0.4 is 9.47 Å². The predicted molar refractivity (Wildman–Crippen MR) is 108 cm³/mol. The Morgan fingerprint density at radius 1 is 1.15 bits per heavy atom. The molecular formula is C21H21ClN2O3. The van der Waals surface area contributed by atoms with Gasteiger partial charge >= 0.3 is 6.09 Å². The minimum Gasteiger partial charge on any atom is -0.495 e. The summed E-state index contributed by atoms with van der Waals surface area (Å²) in [6.07, 6.45) is -0.469. The Labute approximate surface area is 163 Å². The van der Waals surface area contributed by atoms with Crippen LogP contribution in [0.3, 0.4) is 0 Å². The van der Waals surface area contributed by atoms with Gasteiger partial charge in [-0.2, -0.15) is 0 Å². The van der Waals surface area contributed by atoms with Gasteiger partial charge in [-0.15, -0.1) is 0 Å². The highest BCUT2D eigenvalue weighted by Crippen LogP contribution is 2.42. The lowest BCUT2D eigenvalue weighted by Crippen LogP contribution is -2.25. The van der Waals surface area contributed by atoms with E-state index in [9.17, 15) is 4.79 Å². The van der Waals surface area contributed by atoms with E-state index in [2.05, 4.69) is 0 Å². The lowest BCUT2D eigenvalue weighted by molar-refractivity contribution is 0.172. The van der Waals surface area contributed by atoms with Crippen LogP contribution in [0.25, 0.3) is 22.0 Å². The number of rotatable bonds is 3. The average Bonchev–Trinajstić information content (AvgIpc) is 2.63. The minimum absolute atomic E-state index is 0.425. The number of amides is 1. The number of hydrogen-bond acceptors (Lipinski definition) is 4. The van der Waals surface area contributed by atoms with E-state index < -0.39 is 6.09 Å². The summed E-state index contributed by atoms with van der Waals surface area (Å²) in [6, 6.07) is 11.4. The van der Waals surface area contributed by atoms with Crippen LogP contribution >= 0.6 is 11.6 Å². The first-order valence-corrected chi connectivity index (χ1v) is 8.84. The van der Waals surface area contributed by atoms with E-state index in [1.807, 2.05) is 38.1 Å². The number of nitrogens with zero attached hydrogens (tertiary/aromatic N) is 2. The second-order valence-corrected chi connectivity index (χ2v) is 6.89. The van der Waals surface area contributed by atoms with Gasteiger partial charge in [-0.3, -0.25) is 4.98 Å². The number of pyridine rings is 1. The third-order valence-electron chi connectivity index (χ3n) is 4.36. The molecule has 140 valence electrons. The molecule has 0 atom stereocenters. The van der Waals surface area contributed by atoms with Gasteiger partial charge < -0.3 is 14.4 Å². The average molecular weight is 385 g/mol. The minimum atomic E-state index is -0.469. The molecular weight excluding hydrogens is 364 g/mol. The number of aromatic nitrogens is 1. The Bertz CT molecular complexity index is 1030. The van der Waals surface area contributed by atoms with Crippen LogP contribution in [0.1, 0.15) is 11.3 Å². The zero-order chi connectivity index (χ0) is 19.7. The fourth-order valence-electron chi connectivity index (χ4n) is 2.96. The predicted octanol–water partition coefficient (Wildman–Crippen LogP) is 5.24. The van der Waals surface area contributed by atoms with Gasteiger partial charge in [-0.05, 0) is 31.0 Å². The highest BCUT2D eigenvalue weighted by atomic mass is 35.5. The van der Waals surface area contributed by atoms with Gasteiger partial charge in [0.15, 0.2) is 5.75 Å². The van der Waals surface area contributed by atoms with Crippen LogP contribution in [-0.4, -0.2) is 37.2 Å². The molecule has 1 aromatic heterocycles. The van der Waals surface area contributed by atoms with Crippen LogP contribution in [0.2, 0.25) is 5.02 Å². The molecule has 1 heterocycles. The molecule has 0 fully saturated rings. The fraction of sp³-hybridized carbons (Fsp3) is 0.238. The largest absolute Gasteiger partial charge is 0.495 e. The van der Waals surface area contributed by atoms with Gasteiger partial charge in [-0.25, -0.2) is 4.79 Å². The molecule has 0 radical (unpaired) electrons. The smallest absolute Gasteiger partial charge is 0.414 e. The van der Waals surface area contributed by atoms with Gasteiger partial charge in [-0.1, -0.05) is 35.9 Å². The molecule has 1 amide bonds. The summed E-state index contributed by atoms with van der Waals surface area (Å²) < 4.78 is 11.1. The Morgan fingerprint density at radius 2 is 1.85 bits per heavy atom. The van der Waals surface area contributed by atoms with Crippen molar-refractivity contribution in [2.75, 3.05) is 21.2 Å². The number of halogens is 1. The summed E-state index contributed by atoms with van der Waals surface area (Å²) in [7, 11) is 4.83. The van der Waals surface area contributed by atoms with Gasteiger partial charge in [0, 0.05) is 36.8 Å². The van der Waals surface area contributed by atoms with Crippen molar-refractivity contribution in [3.63, 3.8) is 0 Å². The first-order valence-electron chi connectivity index (χ1n) is 8.46. The summed E-state index contributed by atoms with van der Waals surface area (Å²) in [5.74, 6) is 0.958. The number of ether oxygens (including phenoxy) is 2. The van der Waals surface area contributed by atoms with E-state index >= 15 is 0 Å². The van der Waals surface area contributed by atoms with Gasteiger partial charge in [0.1, 0.15) is 5.75 Å². The van der Waals surface area contributed by atoms with Crippen LogP contribution in [0.15, 0.2) is 36.4 Å². The summed E-state index contributed by atoms with van der Waals surface area (Å²) in [5, 5.41) is 1.08. The first kappa shape index (κ1) is 19.0. The molecule has 3 aromatic rings. The molecule has 0 N–H and O–H groups in total. The molecule has 0 spiro atoms. The van der Waals surface area contributed by atoms with Crippen molar-refractivity contribution in [3.05, 3.63) is 52.7 Å². The third kappa shape index (κ3) is 3.55. The van der Waals surface area contributed by atoms with Crippen LogP contribution in [0, 0.1) is 13.8 Å². The van der Waals surface area contributed by atoms with Crippen molar-refractivity contribution in [1.29, 1.82) is 0 Å². The molecule has 0 aliphatic heterocycles. The third-order valence-corrected chi connectivity index (χ3v) is 4.66. The molecule has 6 heteroatoms. The van der Waals surface area contributed by atoms with Crippen LogP contribution in [0.5, 0.6) is 11.5 Å². The first-order chi connectivity index (χ1) is 12.8. The van der Waals surface area contributed by atoms with Crippen molar-refractivity contribution >= 4 is 28.6 Å². The highest BCUT2D eigenvalue weighted by Gasteiger charge is 2.21. The summed E-state index contributed by atoms with van der Waals surface area (Å²) >= 11 is 6.34. The number of fused-ring (bicyclic) bond motifs is 1. The number of carbonyl (C=O) groups excluding carboxylic acids is 1. The standard InChI is InChI=1S/C21H21ClN2O3/c1-12-8-6-7-9-14(12)19-13(2)23-17-11-18(26-5)16(22)10-15(17)20(19)27-21(25)24(3)4/h6-11H,1-5H3. The van der Waals surface area contributed by atoms with Crippen molar-refractivity contribution in [2.45, 2.75) is 13.8 Å². The topological polar surface area (TPSA) is 51.7 Å². The molecule has 3 rings (SSSR count). The number of aryl methyl sites for hydroxylation is 2. The Hall–Kier alpha value is -2.79. The SMILES string of the molecule is COc1cc2nc(C)c(-c3ccccc3C)c(OC(=O)N(C)C)c2cc1Cl. The van der Waals surface area contributed by atoms with Crippen molar-refractivity contribution in [1.82, 2.24) is 9.88 Å². The van der Waals surface area contributed by atoms with Crippen molar-refractivity contribution < 1.29 is 14.3 Å². The van der Waals surface area contributed by atoms with Crippen LogP contribution in [0.4, 0.5) is 4.79 Å². The maximum absolute atomic E-state index is 12.4. The van der Waals surface area contributed by atoms with Gasteiger partial charge in [0.2, 0.25) is 0 Å². The van der Waals surface area contributed by atoms with E-state index in [-0.39, 0.29) is 0 Å². The molecule has 27 heavy (non-hydrogen) atoms. The Morgan fingerprint density at radius 3 is 2.48 bits per heavy atom. The quantitative estimate of drug-likeness (QED) is 0.619. The van der Waals surface area contributed by atoms with E-state index in [0.717, 1.165) is 22.4 Å². The maximum atomic E-state index is 12.4. The summed E-state index contributed by atoms with van der Waals surface area (Å²) in [6.45, 7) is 3.91. The maximum Gasteiger partial charge on any atom is 0.414 e. The van der Waals surface area contributed by atoms with E-state index in [0.29, 0.717) is 27.4 Å². The second-order valence-electron chi connectivity index (χ2n) is 6.48. The summed E-state index contributed by atoms with van der Waals surface area (Å²) in [4.78, 5) is 18.5. The molecule has 0 bridgehead atoms. The molecule has 0 aliphatic carbocycles. The molecule has 0 aliphatic rings.